The fourth-order valence-corrected chi connectivity index (χ4v) is 5.47. The van der Waals surface area contributed by atoms with E-state index in [-0.39, 0.29) is 12.5 Å². The molecule has 1 fully saturated rings. The molecule has 1 aliphatic carbocycles. The second-order valence-electron chi connectivity index (χ2n) is 9.64. The summed E-state index contributed by atoms with van der Waals surface area (Å²) in [7, 11) is 0. The van der Waals surface area contributed by atoms with Gasteiger partial charge in [-0.3, -0.25) is 10.2 Å². The normalized spacial score (nSPS) is 21.7. The maximum Gasteiger partial charge on any atom is 0.266 e. The summed E-state index contributed by atoms with van der Waals surface area (Å²) in [6.07, 6.45) is 8.11. The highest BCUT2D eigenvalue weighted by atomic mass is 79.9. The van der Waals surface area contributed by atoms with Crippen LogP contribution in [-0.4, -0.2) is 42.2 Å². The summed E-state index contributed by atoms with van der Waals surface area (Å²) < 4.78 is 12.9. The molecule has 4 rings (SSSR count). The molecule has 198 valence electrons. The lowest BCUT2D eigenvalue weighted by Gasteiger charge is -2.30. The molecule has 0 radical (unpaired) electrons. The van der Waals surface area contributed by atoms with Crippen LogP contribution in [0.25, 0.3) is 0 Å². The Morgan fingerprint density at radius 3 is 2.65 bits per heavy atom. The van der Waals surface area contributed by atoms with E-state index in [1.54, 1.807) is 6.08 Å². The number of amides is 1. The van der Waals surface area contributed by atoms with Gasteiger partial charge in [0, 0.05) is 41.6 Å². The lowest BCUT2D eigenvalue weighted by atomic mass is 9.84. The van der Waals surface area contributed by atoms with E-state index in [0.717, 1.165) is 22.1 Å². The van der Waals surface area contributed by atoms with Crippen LogP contribution in [0.15, 0.2) is 70.7 Å². The highest BCUT2D eigenvalue weighted by Crippen LogP contribution is 2.44. The maximum absolute atomic E-state index is 13.8. The Bertz CT molecular complexity index is 1080. The molecule has 1 amide bonds. The number of aliphatic imine (C=N–C) groups is 1. The molecule has 3 N–H and O–H groups in total. The second kappa shape index (κ2) is 13.2. The van der Waals surface area contributed by atoms with E-state index in [1.807, 2.05) is 48.5 Å². The average Bonchev–Trinajstić information content (AvgIpc) is 3.30. The van der Waals surface area contributed by atoms with Crippen LogP contribution in [0.3, 0.4) is 0 Å². The smallest absolute Gasteiger partial charge is 0.266 e. The molecule has 0 saturated heterocycles. The van der Waals surface area contributed by atoms with Crippen molar-refractivity contribution < 1.29 is 19.4 Å². The number of aliphatic hydroxyl groups is 1. The van der Waals surface area contributed by atoms with Gasteiger partial charge in [0.15, 0.2) is 11.6 Å². The van der Waals surface area contributed by atoms with Gasteiger partial charge in [0.2, 0.25) is 5.90 Å². The molecule has 1 heterocycles. The van der Waals surface area contributed by atoms with E-state index in [9.17, 15) is 4.79 Å². The summed E-state index contributed by atoms with van der Waals surface area (Å²) in [5.74, 6) is 1.41. The molecule has 2 aliphatic rings. The van der Waals surface area contributed by atoms with Crippen molar-refractivity contribution in [2.45, 2.75) is 56.6 Å². The number of benzene rings is 2. The van der Waals surface area contributed by atoms with Crippen LogP contribution in [0, 0.1) is 5.92 Å². The fourth-order valence-electron chi connectivity index (χ4n) is 4.98. The van der Waals surface area contributed by atoms with E-state index < -0.39 is 11.6 Å². The third kappa shape index (κ3) is 6.61. The minimum Gasteiger partial charge on any atom is -0.494 e. The Hall–Kier alpha value is -2.68. The van der Waals surface area contributed by atoms with Gasteiger partial charge >= 0.3 is 0 Å². The van der Waals surface area contributed by atoms with Crippen molar-refractivity contribution in [3.63, 3.8) is 0 Å². The highest BCUT2D eigenvalue weighted by molar-refractivity contribution is 9.10. The second-order valence-corrected chi connectivity index (χ2v) is 10.5. The number of hydrazine groups is 1. The van der Waals surface area contributed by atoms with Crippen molar-refractivity contribution in [2.24, 2.45) is 10.9 Å². The molecule has 8 heteroatoms. The van der Waals surface area contributed by atoms with Gasteiger partial charge in [0.1, 0.15) is 5.75 Å². The minimum absolute atomic E-state index is 0.0854. The number of nitrogens with zero attached hydrogens (tertiary/aromatic N) is 1. The number of halogens is 1. The minimum atomic E-state index is -1.23. The highest BCUT2D eigenvalue weighted by Gasteiger charge is 2.53. The zero-order chi connectivity index (χ0) is 26.1. The monoisotopic (exact) mass is 569 g/mol. The van der Waals surface area contributed by atoms with E-state index in [4.69, 9.17) is 19.6 Å². The lowest BCUT2D eigenvalue weighted by molar-refractivity contribution is -0.130. The number of carbonyl (C=O) groups is 1. The summed E-state index contributed by atoms with van der Waals surface area (Å²) in [4.78, 5) is 18.7. The molecule has 2 aromatic rings. The van der Waals surface area contributed by atoms with Crippen LogP contribution in [0.2, 0.25) is 0 Å². The van der Waals surface area contributed by atoms with Crippen molar-refractivity contribution in [3.8, 4) is 5.75 Å². The van der Waals surface area contributed by atoms with Gasteiger partial charge in [0.05, 0.1) is 6.61 Å². The largest absolute Gasteiger partial charge is 0.494 e. The number of hydrogen-bond donors (Lipinski definition) is 3. The number of rotatable bonds is 12. The third-order valence-electron chi connectivity index (χ3n) is 6.99. The molecule has 0 unspecified atom stereocenters. The summed E-state index contributed by atoms with van der Waals surface area (Å²) in [5.41, 5.74) is 6.50. The van der Waals surface area contributed by atoms with Crippen molar-refractivity contribution in [2.75, 3.05) is 19.8 Å². The Labute approximate surface area is 227 Å². The molecule has 0 spiro atoms. The zero-order valence-electron chi connectivity index (χ0n) is 21.1. The summed E-state index contributed by atoms with van der Waals surface area (Å²) in [5, 5.41) is 8.97. The van der Waals surface area contributed by atoms with Crippen LogP contribution in [0.5, 0.6) is 5.75 Å². The quantitative estimate of drug-likeness (QED) is 0.184. The van der Waals surface area contributed by atoms with Gasteiger partial charge < -0.3 is 14.6 Å². The summed E-state index contributed by atoms with van der Waals surface area (Å²) in [6.45, 7) is 5.19. The van der Waals surface area contributed by atoms with Crippen LogP contribution in [0.1, 0.15) is 62.2 Å². The van der Waals surface area contributed by atoms with Crippen LogP contribution in [-0.2, 0) is 9.53 Å². The predicted molar refractivity (Wildman–Crippen MR) is 148 cm³/mol. The van der Waals surface area contributed by atoms with Crippen LogP contribution in [0.4, 0.5) is 0 Å². The van der Waals surface area contributed by atoms with Crippen molar-refractivity contribution in [1.82, 2.24) is 10.9 Å². The molecule has 2 aromatic carbocycles. The Morgan fingerprint density at radius 1 is 1.19 bits per heavy atom. The Morgan fingerprint density at radius 2 is 1.95 bits per heavy atom. The molecule has 7 nitrogen and oxygen atoms in total. The van der Waals surface area contributed by atoms with Gasteiger partial charge in [-0.05, 0) is 49.1 Å². The number of nitrogens with one attached hydrogen (secondary N) is 2. The number of hydrogen-bond acceptors (Lipinski definition) is 6. The first-order valence-corrected chi connectivity index (χ1v) is 13.9. The number of carbonyl (C=O) groups excluding carboxylic acids is 1. The van der Waals surface area contributed by atoms with Crippen molar-refractivity contribution >= 4 is 27.7 Å². The molecule has 0 aromatic heterocycles. The van der Waals surface area contributed by atoms with Crippen molar-refractivity contribution in [1.29, 1.82) is 0 Å². The van der Waals surface area contributed by atoms with Gasteiger partial charge in [-0.15, -0.1) is 6.58 Å². The zero-order valence-corrected chi connectivity index (χ0v) is 22.7. The molecule has 1 aliphatic heterocycles. The molecule has 37 heavy (non-hydrogen) atoms. The predicted octanol–water partition coefficient (Wildman–Crippen LogP) is 5.24. The van der Waals surface area contributed by atoms with Crippen LogP contribution >= 0.6 is 15.9 Å². The number of ether oxygens (including phenoxy) is 2. The van der Waals surface area contributed by atoms with Gasteiger partial charge in [-0.1, -0.05) is 59.5 Å². The fraction of sp³-hybridized carbons (Fsp3) is 0.448. The SMILES string of the molecule is C=CC[C@]1(C(=O)NNCC2CCCCC2)N=C(c2ccc(OCCCO)cc2)O[C@H]1c1ccccc1Br. The maximum atomic E-state index is 13.8. The Kier molecular flexibility index (Phi) is 9.77. The first-order chi connectivity index (χ1) is 18.1. The van der Waals surface area contributed by atoms with Gasteiger partial charge in [-0.25, -0.2) is 10.4 Å². The Balaban J connectivity index is 1.59. The van der Waals surface area contributed by atoms with Gasteiger partial charge in [0.25, 0.3) is 5.91 Å². The molecule has 1 saturated carbocycles. The van der Waals surface area contributed by atoms with E-state index in [1.165, 1.54) is 32.1 Å². The topological polar surface area (TPSA) is 92.2 Å². The first-order valence-electron chi connectivity index (χ1n) is 13.1. The summed E-state index contributed by atoms with van der Waals surface area (Å²) in [6, 6.07) is 15.2. The van der Waals surface area contributed by atoms with Crippen LogP contribution < -0.4 is 15.6 Å². The standard InChI is InChI=1S/C29H36BrN3O4/c1-2-17-29(28(35)33-31-20-21-9-4-3-5-10-21)26(24-11-6-7-12-25(24)30)37-27(32-29)22-13-15-23(16-14-22)36-19-8-18-34/h2,6-7,11-16,21,26,31,34H,1,3-5,8-10,17-20H2,(H,33,35)/t26-,29-/m0/s1. The molecular weight excluding hydrogens is 534 g/mol. The summed E-state index contributed by atoms with van der Waals surface area (Å²) >= 11 is 3.64. The van der Waals surface area contributed by atoms with E-state index in [2.05, 4.69) is 33.4 Å². The molecule has 0 bridgehead atoms. The molecular formula is C29H36BrN3O4. The van der Waals surface area contributed by atoms with Crippen molar-refractivity contribution in [3.05, 3.63) is 76.8 Å². The first kappa shape index (κ1) is 27.4. The number of aliphatic hydroxyl groups excluding tert-OH is 1. The third-order valence-corrected chi connectivity index (χ3v) is 7.71. The lowest BCUT2D eigenvalue weighted by Crippen LogP contribution is -2.53. The van der Waals surface area contributed by atoms with E-state index >= 15 is 0 Å². The average molecular weight is 571 g/mol. The van der Waals surface area contributed by atoms with E-state index in [0.29, 0.717) is 37.0 Å². The van der Waals surface area contributed by atoms with Gasteiger partial charge in [-0.2, -0.15) is 0 Å². The molecule has 2 atom stereocenters.